The number of benzene rings is 1. The van der Waals surface area contributed by atoms with Gasteiger partial charge in [-0.3, -0.25) is 9.59 Å². The summed E-state index contributed by atoms with van der Waals surface area (Å²) in [6.45, 7) is 6.47. The maximum Gasteiger partial charge on any atom is 0.246 e. The number of carbonyl (C=O) groups excluding carboxylic acids is 2. The Bertz CT molecular complexity index is 668. The zero-order valence-electron chi connectivity index (χ0n) is 17.7. The number of nitrogens with two attached hydrogens (primary N) is 1. The van der Waals surface area contributed by atoms with Crippen LogP contribution in [0.4, 0.5) is 5.69 Å². The number of para-hydroxylation sites is 1. The molecule has 1 aliphatic rings. The number of hydrogen-bond donors (Lipinski definition) is 1. The molecule has 2 rings (SSSR count). The number of rotatable bonds is 6. The SMILES string of the molecule is CN1C(=O)CCSc2ccccc21.COC(CCC/C=C/C(C)(C)C)C(N)=O. The van der Waals surface area contributed by atoms with E-state index in [1.807, 2.05) is 25.2 Å². The van der Waals surface area contributed by atoms with Crippen LogP contribution in [0.25, 0.3) is 0 Å². The molecular weight excluding hydrogens is 372 g/mol. The van der Waals surface area contributed by atoms with Gasteiger partial charge in [0.2, 0.25) is 11.8 Å². The minimum Gasteiger partial charge on any atom is -0.372 e. The summed E-state index contributed by atoms with van der Waals surface area (Å²) in [6, 6.07) is 8.03. The molecule has 0 fully saturated rings. The summed E-state index contributed by atoms with van der Waals surface area (Å²) in [5, 5.41) is 0. The molecule has 1 aliphatic heterocycles. The number of allylic oxidation sites excluding steroid dienone is 2. The molecule has 0 spiro atoms. The highest BCUT2D eigenvalue weighted by Crippen LogP contribution is 2.32. The van der Waals surface area contributed by atoms with Crippen molar-refractivity contribution in [3.63, 3.8) is 0 Å². The number of amides is 2. The van der Waals surface area contributed by atoms with Crippen LogP contribution in [0.1, 0.15) is 46.5 Å². The third kappa shape index (κ3) is 8.93. The number of methoxy groups -OCH3 is 1. The lowest BCUT2D eigenvalue weighted by molar-refractivity contribution is -0.128. The second kappa shape index (κ2) is 11.9. The van der Waals surface area contributed by atoms with Crippen molar-refractivity contribution >= 4 is 29.3 Å². The van der Waals surface area contributed by atoms with Crippen LogP contribution in [0.15, 0.2) is 41.3 Å². The van der Waals surface area contributed by atoms with Gasteiger partial charge in [0.15, 0.2) is 0 Å². The van der Waals surface area contributed by atoms with E-state index in [1.54, 1.807) is 16.7 Å². The summed E-state index contributed by atoms with van der Waals surface area (Å²) in [4.78, 5) is 25.3. The Balaban J connectivity index is 0.000000281. The van der Waals surface area contributed by atoms with Gasteiger partial charge >= 0.3 is 0 Å². The Hall–Kier alpha value is -1.79. The second-order valence-electron chi connectivity index (χ2n) is 7.84. The zero-order valence-corrected chi connectivity index (χ0v) is 18.6. The molecule has 1 heterocycles. The molecule has 6 heteroatoms. The van der Waals surface area contributed by atoms with Gasteiger partial charge in [0, 0.05) is 31.2 Å². The third-order valence-corrected chi connectivity index (χ3v) is 5.30. The summed E-state index contributed by atoms with van der Waals surface area (Å²) in [5.74, 6) is 0.718. The summed E-state index contributed by atoms with van der Waals surface area (Å²) >= 11 is 1.75. The number of primary amides is 1. The Labute approximate surface area is 173 Å². The molecule has 1 aromatic carbocycles. The smallest absolute Gasteiger partial charge is 0.246 e. The van der Waals surface area contributed by atoms with Gasteiger partial charge in [-0.1, -0.05) is 45.1 Å². The van der Waals surface area contributed by atoms with Gasteiger partial charge in [-0.05, 0) is 36.8 Å². The van der Waals surface area contributed by atoms with Crippen LogP contribution in [0, 0.1) is 5.41 Å². The number of nitrogens with zero attached hydrogens (tertiary/aromatic N) is 1. The van der Waals surface area contributed by atoms with Crippen LogP contribution in [0.5, 0.6) is 0 Å². The molecule has 1 atom stereocenters. The molecule has 1 unspecified atom stereocenters. The first-order chi connectivity index (χ1) is 13.2. The van der Waals surface area contributed by atoms with Crippen molar-refractivity contribution in [2.75, 3.05) is 24.8 Å². The fraction of sp³-hybridized carbons (Fsp3) is 0.545. The number of unbranched alkanes of at least 4 members (excludes halogenated alkanes) is 1. The van der Waals surface area contributed by atoms with Gasteiger partial charge in [-0.2, -0.15) is 0 Å². The van der Waals surface area contributed by atoms with Crippen LogP contribution >= 0.6 is 11.8 Å². The maximum atomic E-state index is 11.5. The Kier molecular flexibility index (Phi) is 10.3. The third-order valence-electron chi connectivity index (χ3n) is 4.23. The van der Waals surface area contributed by atoms with E-state index in [9.17, 15) is 9.59 Å². The summed E-state index contributed by atoms with van der Waals surface area (Å²) in [6.07, 6.45) is 7.11. The average molecular weight is 407 g/mol. The topological polar surface area (TPSA) is 72.6 Å². The predicted molar refractivity (Wildman–Crippen MR) is 118 cm³/mol. The molecule has 0 saturated carbocycles. The minimum absolute atomic E-state index is 0.206. The zero-order chi connectivity index (χ0) is 21.2. The average Bonchev–Trinajstić information content (AvgIpc) is 2.77. The van der Waals surface area contributed by atoms with Crippen LogP contribution < -0.4 is 10.6 Å². The molecule has 5 nitrogen and oxygen atoms in total. The quantitative estimate of drug-likeness (QED) is 0.561. The molecule has 0 radical (unpaired) electrons. The number of anilines is 1. The number of thioether (sulfide) groups is 1. The van der Waals surface area contributed by atoms with Crippen molar-refractivity contribution in [3.05, 3.63) is 36.4 Å². The Morgan fingerprint density at radius 3 is 2.64 bits per heavy atom. The lowest BCUT2D eigenvalue weighted by Crippen LogP contribution is -2.29. The van der Waals surface area contributed by atoms with Crippen molar-refractivity contribution in [2.24, 2.45) is 11.1 Å². The van der Waals surface area contributed by atoms with E-state index in [0.29, 0.717) is 12.8 Å². The van der Waals surface area contributed by atoms with E-state index in [4.69, 9.17) is 10.5 Å². The number of ether oxygens (including phenoxy) is 1. The highest BCUT2D eigenvalue weighted by atomic mass is 32.2. The second-order valence-corrected chi connectivity index (χ2v) is 8.98. The van der Waals surface area contributed by atoms with Gasteiger partial charge in [-0.25, -0.2) is 0 Å². The predicted octanol–water partition coefficient (Wildman–Crippen LogP) is 4.40. The van der Waals surface area contributed by atoms with E-state index >= 15 is 0 Å². The first kappa shape index (κ1) is 24.2. The normalized spacial score (nSPS) is 15.5. The van der Waals surface area contributed by atoms with Gasteiger partial charge in [0.05, 0.1) is 5.69 Å². The van der Waals surface area contributed by atoms with Crippen molar-refractivity contribution in [1.29, 1.82) is 0 Å². The molecule has 0 aromatic heterocycles. The van der Waals surface area contributed by atoms with E-state index in [-0.39, 0.29) is 17.2 Å². The molecule has 156 valence electrons. The lowest BCUT2D eigenvalue weighted by atomic mass is 9.95. The van der Waals surface area contributed by atoms with E-state index < -0.39 is 6.10 Å². The van der Waals surface area contributed by atoms with Crippen molar-refractivity contribution in [3.8, 4) is 0 Å². The maximum absolute atomic E-state index is 11.5. The van der Waals surface area contributed by atoms with Gasteiger partial charge in [0.25, 0.3) is 0 Å². The van der Waals surface area contributed by atoms with Crippen LogP contribution in [0.3, 0.4) is 0 Å². The van der Waals surface area contributed by atoms with Crippen LogP contribution in [0.2, 0.25) is 0 Å². The number of carbonyl (C=O) groups is 2. The summed E-state index contributed by atoms with van der Waals surface area (Å²) in [5.41, 5.74) is 6.41. The van der Waals surface area contributed by atoms with Gasteiger partial charge in [0.1, 0.15) is 6.10 Å². The molecular formula is C22H34N2O3S. The lowest BCUT2D eigenvalue weighted by Gasteiger charge is -2.16. The molecule has 1 aromatic rings. The Morgan fingerprint density at radius 2 is 2.04 bits per heavy atom. The first-order valence-corrected chi connectivity index (χ1v) is 10.6. The van der Waals surface area contributed by atoms with Crippen LogP contribution in [-0.4, -0.2) is 37.8 Å². The Morgan fingerprint density at radius 1 is 1.36 bits per heavy atom. The number of fused-ring (bicyclic) bond motifs is 1. The van der Waals surface area contributed by atoms with Gasteiger partial charge in [-0.15, -0.1) is 11.8 Å². The van der Waals surface area contributed by atoms with Crippen molar-refractivity contribution < 1.29 is 14.3 Å². The number of hydrogen-bond acceptors (Lipinski definition) is 4. The fourth-order valence-electron chi connectivity index (χ4n) is 2.64. The van der Waals surface area contributed by atoms with E-state index in [1.165, 1.54) is 12.0 Å². The molecule has 0 saturated heterocycles. The van der Waals surface area contributed by atoms with Crippen LogP contribution in [-0.2, 0) is 14.3 Å². The summed E-state index contributed by atoms with van der Waals surface area (Å²) < 4.78 is 4.96. The minimum atomic E-state index is -0.437. The van der Waals surface area contributed by atoms with E-state index in [2.05, 4.69) is 39.0 Å². The fourth-order valence-corrected chi connectivity index (χ4v) is 3.67. The molecule has 2 N–H and O–H groups in total. The van der Waals surface area contributed by atoms with E-state index in [0.717, 1.165) is 24.3 Å². The molecule has 2 amide bonds. The summed E-state index contributed by atoms with van der Waals surface area (Å²) in [7, 11) is 3.35. The first-order valence-electron chi connectivity index (χ1n) is 9.64. The highest BCUT2D eigenvalue weighted by molar-refractivity contribution is 7.99. The molecule has 0 bridgehead atoms. The van der Waals surface area contributed by atoms with Gasteiger partial charge < -0.3 is 15.4 Å². The highest BCUT2D eigenvalue weighted by Gasteiger charge is 2.18. The molecule has 28 heavy (non-hydrogen) atoms. The molecule has 0 aliphatic carbocycles. The monoisotopic (exact) mass is 406 g/mol. The van der Waals surface area contributed by atoms with Crippen molar-refractivity contribution in [1.82, 2.24) is 0 Å². The standard InChI is InChI=1S/C12H23NO2.C10H11NOS/c1-12(2,3)9-7-5-6-8-10(15-4)11(13)14;1-11-8-4-2-3-5-9(8)13-7-6-10(11)12/h7,9-10H,5-6,8H2,1-4H3,(H2,13,14);2-5H,6-7H2,1H3/b9-7+;. The largest absolute Gasteiger partial charge is 0.372 e. The van der Waals surface area contributed by atoms with Crippen molar-refractivity contribution in [2.45, 2.75) is 57.5 Å².